The Bertz CT molecular complexity index is 4330. The number of halogens is 1. The largest absolute Gasteiger partial charge is 0.477 e. The summed E-state index contributed by atoms with van der Waals surface area (Å²) >= 11 is 13.3. The third kappa shape index (κ3) is 22.3. The van der Waals surface area contributed by atoms with Crippen molar-refractivity contribution in [2.45, 2.75) is 119 Å². The Hall–Kier alpha value is -7.95. The maximum absolute atomic E-state index is 13.3. The lowest BCUT2D eigenvalue weighted by Crippen LogP contribution is -2.43. The summed E-state index contributed by atoms with van der Waals surface area (Å²) in [7, 11) is 2.76. The van der Waals surface area contributed by atoms with E-state index < -0.39 is 17.7 Å². The number of rotatable bonds is 14. The Morgan fingerprint density at radius 3 is 1.29 bits per heavy atom. The first-order valence-electron chi connectivity index (χ1n) is 33.7. The normalized spacial score (nSPS) is 14.4. The average Bonchev–Trinajstić information content (AvgIpc) is 1.79. The highest BCUT2D eigenvalue weighted by atomic mass is 79.9. The molecule has 4 fully saturated rings. The number of nitrogen functional groups attached to an aromatic ring is 1. The molecule has 103 heavy (non-hydrogen) atoms. The quantitative estimate of drug-likeness (QED) is 0.0335. The van der Waals surface area contributed by atoms with Crippen molar-refractivity contribution in [1.82, 2.24) is 30.2 Å². The number of amides is 3. The first-order valence-corrected chi connectivity index (χ1v) is 40.4. The molecule has 4 aliphatic heterocycles. The second-order valence-corrected chi connectivity index (χ2v) is 33.3. The van der Waals surface area contributed by atoms with E-state index in [1.807, 2.05) is 101 Å². The van der Waals surface area contributed by atoms with Crippen molar-refractivity contribution in [3.8, 4) is 20.9 Å². The number of piperidine rings is 3. The van der Waals surface area contributed by atoms with Gasteiger partial charge in [-0.1, -0.05) is 80.9 Å². The lowest BCUT2D eigenvalue weighted by Gasteiger charge is -2.26. The molecule has 0 aliphatic carbocycles. The number of ether oxygens (including phenoxy) is 3. The number of esters is 2. The van der Waals surface area contributed by atoms with Gasteiger partial charge in [-0.3, -0.25) is 14.9 Å². The van der Waals surface area contributed by atoms with Gasteiger partial charge in [-0.2, -0.15) is 0 Å². The van der Waals surface area contributed by atoms with Crippen molar-refractivity contribution < 1.29 is 48.1 Å². The molecule has 0 atom stereocenters. The fourth-order valence-electron chi connectivity index (χ4n) is 11.1. The van der Waals surface area contributed by atoms with Gasteiger partial charge in [-0.25, -0.2) is 44.1 Å². The summed E-state index contributed by atoms with van der Waals surface area (Å²) in [6.45, 7) is 24.3. The molecule has 0 unspecified atom stereocenters. The van der Waals surface area contributed by atoms with E-state index in [0.29, 0.717) is 68.1 Å². The summed E-state index contributed by atoms with van der Waals surface area (Å²) in [5, 5.41) is 28.6. The summed E-state index contributed by atoms with van der Waals surface area (Å²) in [5.74, 6) is -1.88. The molecule has 0 radical (unpaired) electrons. The van der Waals surface area contributed by atoms with Gasteiger partial charge >= 0.3 is 24.0 Å². The van der Waals surface area contributed by atoms with E-state index in [9.17, 15) is 28.8 Å². The second-order valence-electron chi connectivity index (χ2n) is 25.2. The van der Waals surface area contributed by atoms with E-state index in [4.69, 9.17) is 20.3 Å². The molecule has 0 saturated carbocycles. The number of aromatic nitrogens is 5. The number of methoxy groups -OCH3 is 2. The molecule has 4 aliphatic rings. The Kier molecular flexibility index (Phi) is 28.9. The van der Waals surface area contributed by atoms with Crippen LogP contribution in [-0.4, -0.2) is 151 Å². The number of carbonyl (C=O) groups is 6. The van der Waals surface area contributed by atoms with Crippen LogP contribution in [0.3, 0.4) is 0 Å². The van der Waals surface area contributed by atoms with E-state index >= 15 is 0 Å². The zero-order valence-corrected chi connectivity index (χ0v) is 66.6. The van der Waals surface area contributed by atoms with Crippen LogP contribution < -0.4 is 46.6 Å². The van der Waals surface area contributed by atoms with E-state index in [1.165, 1.54) is 116 Å². The monoisotopic (exact) mass is 1600 g/mol. The van der Waals surface area contributed by atoms with Crippen molar-refractivity contribution in [1.29, 1.82) is 0 Å². The highest BCUT2D eigenvalue weighted by Gasteiger charge is 2.27. The number of aryl methyl sites for hydroxylation is 5. The number of carboxylic acids is 1. The lowest BCUT2D eigenvalue weighted by atomic mass is 10.1. The predicted octanol–water partition coefficient (Wildman–Crippen LogP) is 16.6. The van der Waals surface area contributed by atoms with Gasteiger partial charge in [0, 0.05) is 75.2 Å². The minimum atomic E-state index is -0.867. The SMILES string of the molecule is COC(=O)c1sc(Br)nc1C.COC(=O)c1sc(N2CCCCC2)nc1C.Cc1nc(N2CCCCC2)sc1C(=O)Nc1cc(-c2cccs2)ccc1NC(=O)OC(C)(C)C.Cc1nc(N2CCCCC2)sc1C(=O)O.Cc1nc(N2CCNCC2)sc1C(=O)Nc1cc(-c2cccs2)ccc1N. The topological polar surface area (TPSA) is 302 Å². The zero-order valence-electron chi connectivity index (χ0n) is 59.3. The van der Waals surface area contributed by atoms with Gasteiger partial charge in [0.1, 0.15) is 30.0 Å². The zero-order chi connectivity index (χ0) is 73.9. The number of nitrogens with two attached hydrogens (primary N) is 1. The molecule has 9 aromatic rings. The Balaban J connectivity index is 0.000000158. The molecule has 2 aromatic carbocycles. The molecule has 24 nitrogen and oxygen atoms in total. The fraction of sp³-hybridized carbons (Fsp3) is 0.423. The first-order chi connectivity index (χ1) is 49.4. The number of carbonyl (C=O) groups excluding carboxylic acids is 5. The van der Waals surface area contributed by atoms with Gasteiger partial charge in [0.25, 0.3) is 11.8 Å². The van der Waals surface area contributed by atoms with Crippen molar-refractivity contribution in [2.24, 2.45) is 0 Å². The number of hydrogen-bond acceptors (Lipinski definition) is 27. The van der Waals surface area contributed by atoms with Crippen LogP contribution in [0, 0.1) is 34.6 Å². The molecule has 0 spiro atoms. The van der Waals surface area contributed by atoms with Crippen molar-refractivity contribution in [3.63, 3.8) is 0 Å². The lowest BCUT2D eigenvalue weighted by molar-refractivity contribution is 0.0596. The number of nitrogens with one attached hydrogen (secondary N) is 4. The minimum absolute atomic E-state index is 0.165. The molecule has 13 rings (SSSR count). The van der Waals surface area contributed by atoms with Crippen LogP contribution in [0.15, 0.2) is 75.3 Å². The number of anilines is 8. The van der Waals surface area contributed by atoms with E-state index in [0.717, 1.165) is 131 Å². The fourth-order valence-corrected chi connectivity index (χ4v) is 18.0. The highest BCUT2D eigenvalue weighted by molar-refractivity contribution is 9.11. The standard InChI is InChI=1S/C25H30N4O3S2.C19H21N5OS2.C11H16N2O2S.C10H14N2O2S.C6H6BrNO2S/c1-16-21(34-23(26-16)29-12-6-5-7-13-29)22(30)27-19-15-17(20-9-8-14-33-20)10-11-18(19)28-24(31)32-25(2,3)4;1-12-17(27-19(22-12)24-8-6-21-7-9-24)18(25)23-15-11-13(4-5-14(15)20)16-3-2-10-26-16;1-8-9(10(14)15-2)16-11(12-8)13-6-4-3-5-7-13;1-7-8(9(13)14)15-10(11-7)12-5-3-2-4-6-12;1-3-4(5(9)10-2)11-6(7)8-3/h8-11,14-15H,5-7,12-13H2,1-4H3,(H,27,30)(H,28,31);2-5,10-11,21H,6-9,20H2,1H3,(H,23,25);3-7H2,1-2H3;2-6H2,1H3,(H,13,14);1-2H3. The molecule has 550 valence electrons. The number of aromatic carboxylic acids is 1. The second kappa shape index (κ2) is 37.7. The smallest absolute Gasteiger partial charge is 0.412 e. The van der Waals surface area contributed by atoms with Crippen LogP contribution in [-0.2, 0) is 14.2 Å². The van der Waals surface area contributed by atoms with Crippen molar-refractivity contribution >= 4 is 174 Å². The number of thiophene rings is 2. The molecule has 3 amide bonds. The van der Waals surface area contributed by atoms with E-state index in [1.54, 1.807) is 42.6 Å². The maximum Gasteiger partial charge on any atom is 0.412 e. The maximum atomic E-state index is 13.3. The first kappa shape index (κ1) is 79.2. The van der Waals surface area contributed by atoms with E-state index in [-0.39, 0.29) is 23.8 Å². The summed E-state index contributed by atoms with van der Waals surface area (Å²) < 4.78 is 15.4. The number of hydrogen-bond donors (Lipinski definition) is 6. The minimum Gasteiger partial charge on any atom is -0.477 e. The van der Waals surface area contributed by atoms with Crippen molar-refractivity contribution in [2.75, 3.05) is 121 Å². The summed E-state index contributed by atoms with van der Waals surface area (Å²) in [6, 6.07) is 19.4. The Morgan fingerprint density at radius 1 is 0.495 bits per heavy atom. The van der Waals surface area contributed by atoms with Gasteiger partial charge in [-0.05, 0) is 187 Å². The number of carboxylic acid groups (broad SMARTS) is 1. The number of nitrogens with zero attached hydrogens (tertiary/aromatic N) is 9. The Morgan fingerprint density at radius 2 is 0.883 bits per heavy atom. The van der Waals surface area contributed by atoms with Gasteiger partial charge < -0.3 is 60.6 Å². The van der Waals surface area contributed by atoms with Crippen LogP contribution in [0.25, 0.3) is 20.9 Å². The average molecular weight is 1600 g/mol. The molecule has 4 saturated heterocycles. The van der Waals surface area contributed by atoms with Gasteiger partial charge in [0.05, 0.1) is 65.4 Å². The third-order valence-corrected chi connectivity index (χ3v) is 24.6. The van der Waals surface area contributed by atoms with Crippen LogP contribution in [0.4, 0.5) is 48.1 Å². The van der Waals surface area contributed by atoms with Crippen molar-refractivity contribution in [3.05, 3.63) is 128 Å². The molecular weight excluding hydrogens is 1510 g/mol. The molecule has 0 bridgehead atoms. The molecule has 7 N–H and O–H groups in total. The number of benzene rings is 2. The van der Waals surface area contributed by atoms with Gasteiger partial charge in [0.15, 0.2) is 24.4 Å². The predicted molar refractivity (Wildman–Crippen MR) is 425 cm³/mol. The molecular formula is C71H87BrN14O10S7. The summed E-state index contributed by atoms with van der Waals surface area (Å²) in [5.41, 5.74) is 13.2. The number of piperazine rings is 1. The van der Waals surface area contributed by atoms with Crippen LogP contribution in [0.1, 0.15) is 155 Å². The number of thiazole rings is 5. The molecule has 11 heterocycles. The third-order valence-electron chi connectivity index (χ3n) is 16.3. The van der Waals surface area contributed by atoms with Gasteiger partial charge in [0.2, 0.25) is 0 Å². The van der Waals surface area contributed by atoms with E-state index in [2.05, 4.69) is 92.5 Å². The Labute approximate surface area is 636 Å². The van der Waals surface area contributed by atoms with Crippen LogP contribution >= 0.6 is 95.3 Å². The highest BCUT2D eigenvalue weighted by Crippen LogP contribution is 2.37. The van der Waals surface area contributed by atoms with Crippen LogP contribution in [0.5, 0.6) is 0 Å². The molecule has 32 heteroatoms. The van der Waals surface area contributed by atoms with Gasteiger partial charge in [-0.15, -0.1) is 22.7 Å². The summed E-state index contributed by atoms with van der Waals surface area (Å²) in [4.78, 5) is 108. The molecule has 7 aromatic heterocycles. The van der Waals surface area contributed by atoms with Crippen LogP contribution in [0.2, 0.25) is 0 Å². The summed E-state index contributed by atoms with van der Waals surface area (Å²) in [6.07, 6.45) is 10.3.